The van der Waals surface area contributed by atoms with Crippen molar-refractivity contribution < 1.29 is 18.3 Å². The fraction of sp³-hybridized carbons (Fsp3) is 0.364. The van der Waals surface area contributed by atoms with Crippen LogP contribution in [0.15, 0.2) is 24.3 Å². The average Bonchev–Trinajstić information content (AvgIpc) is 2.15. The van der Waals surface area contributed by atoms with Gasteiger partial charge in [0.1, 0.15) is 0 Å². The van der Waals surface area contributed by atoms with Gasteiger partial charge in [-0.3, -0.25) is 4.79 Å². The van der Waals surface area contributed by atoms with Crippen LogP contribution >= 0.6 is 11.6 Å². The maximum absolute atomic E-state index is 11.7. The van der Waals surface area contributed by atoms with Gasteiger partial charge in [-0.25, -0.2) is 8.42 Å². The van der Waals surface area contributed by atoms with Gasteiger partial charge in [0.25, 0.3) is 0 Å². The van der Waals surface area contributed by atoms with Gasteiger partial charge in [-0.05, 0) is 24.1 Å². The molecule has 0 aliphatic heterocycles. The highest BCUT2D eigenvalue weighted by atomic mass is 35.5. The summed E-state index contributed by atoms with van der Waals surface area (Å²) in [7, 11) is -3.27. The minimum atomic E-state index is -3.27. The molecule has 4 nitrogen and oxygen atoms in total. The van der Waals surface area contributed by atoms with Gasteiger partial charge in [-0.2, -0.15) is 0 Å². The lowest BCUT2D eigenvalue weighted by Gasteiger charge is -2.04. The molecule has 0 heterocycles. The molecular weight excluding hydrogens is 264 g/mol. The molecule has 0 saturated carbocycles. The van der Waals surface area contributed by atoms with E-state index in [4.69, 9.17) is 16.7 Å². The van der Waals surface area contributed by atoms with Gasteiger partial charge in [0, 0.05) is 11.4 Å². The summed E-state index contributed by atoms with van der Waals surface area (Å²) in [4.78, 5) is 10.3. The quantitative estimate of drug-likeness (QED) is 0.864. The fourth-order valence-corrected chi connectivity index (χ4v) is 3.02. The predicted octanol–water partition coefficient (Wildman–Crippen LogP) is 2.12. The van der Waals surface area contributed by atoms with E-state index in [1.165, 1.54) is 0 Å². The molecule has 0 saturated heterocycles. The Morgan fingerprint density at radius 2 is 2.06 bits per heavy atom. The third-order valence-corrected chi connectivity index (χ3v) is 4.04. The summed E-state index contributed by atoms with van der Waals surface area (Å²) in [6, 6.07) is 6.63. The number of hydrogen-bond donors (Lipinski definition) is 1. The zero-order chi connectivity index (χ0) is 12.9. The highest BCUT2D eigenvalue weighted by Gasteiger charge is 2.12. The van der Waals surface area contributed by atoms with Crippen molar-refractivity contribution in [2.75, 3.05) is 5.75 Å². The molecule has 0 spiro atoms. The number of benzene rings is 1. The van der Waals surface area contributed by atoms with E-state index in [0.29, 0.717) is 10.6 Å². The Kier molecular flexibility index (Phi) is 4.96. The molecule has 0 aliphatic rings. The molecule has 94 valence electrons. The van der Waals surface area contributed by atoms with Crippen molar-refractivity contribution in [3.05, 3.63) is 34.9 Å². The van der Waals surface area contributed by atoms with E-state index in [-0.39, 0.29) is 24.3 Å². The number of hydrogen-bond acceptors (Lipinski definition) is 3. The monoisotopic (exact) mass is 276 g/mol. The third kappa shape index (κ3) is 5.70. The van der Waals surface area contributed by atoms with Crippen molar-refractivity contribution in [2.24, 2.45) is 0 Å². The molecule has 6 heteroatoms. The molecule has 1 aromatic carbocycles. The van der Waals surface area contributed by atoms with E-state index in [9.17, 15) is 13.2 Å². The lowest BCUT2D eigenvalue weighted by Crippen LogP contribution is -2.10. The summed E-state index contributed by atoms with van der Waals surface area (Å²) in [6.45, 7) is 0. The Bertz CT molecular complexity index is 496. The molecule has 0 atom stereocenters. The van der Waals surface area contributed by atoms with E-state index in [2.05, 4.69) is 0 Å². The second kappa shape index (κ2) is 6.02. The number of carboxylic acids is 1. The molecule has 0 bridgehead atoms. The first-order chi connectivity index (χ1) is 7.89. The lowest BCUT2D eigenvalue weighted by atomic mass is 10.2. The maximum atomic E-state index is 11.7. The first-order valence-electron chi connectivity index (χ1n) is 5.06. The van der Waals surface area contributed by atoms with E-state index in [1.54, 1.807) is 24.3 Å². The van der Waals surface area contributed by atoms with Gasteiger partial charge in [0.2, 0.25) is 0 Å². The minimum Gasteiger partial charge on any atom is -0.481 e. The van der Waals surface area contributed by atoms with Crippen LogP contribution in [-0.2, 0) is 20.4 Å². The van der Waals surface area contributed by atoms with Crippen LogP contribution in [0.2, 0.25) is 5.02 Å². The van der Waals surface area contributed by atoms with Crippen LogP contribution in [0.25, 0.3) is 0 Å². The highest BCUT2D eigenvalue weighted by molar-refractivity contribution is 7.90. The van der Waals surface area contributed by atoms with Gasteiger partial charge in [0.15, 0.2) is 9.84 Å². The molecule has 0 fully saturated rings. The first-order valence-corrected chi connectivity index (χ1v) is 7.26. The van der Waals surface area contributed by atoms with E-state index < -0.39 is 15.8 Å². The Morgan fingerprint density at radius 1 is 1.35 bits per heavy atom. The molecule has 0 radical (unpaired) electrons. The van der Waals surface area contributed by atoms with Crippen LogP contribution in [-0.4, -0.2) is 25.2 Å². The SMILES string of the molecule is O=C(O)CCCS(=O)(=O)Cc1cccc(Cl)c1. The van der Waals surface area contributed by atoms with Crippen LogP contribution < -0.4 is 0 Å². The molecule has 0 amide bonds. The average molecular weight is 277 g/mol. The zero-order valence-corrected chi connectivity index (χ0v) is 10.7. The predicted molar refractivity (Wildman–Crippen MR) is 65.8 cm³/mol. The van der Waals surface area contributed by atoms with Gasteiger partial charge in [-0.15, -0.1) is 0 Å². The second-order valence-electron chi connectivity index (χ2n) is 3.72. The lowest BCUT2D eigenvalue weighted by molar-refractivity contribution is -0.137. The molecule has 17 heavy (non-hydrogen) atoms. The van der Waals surface area contributed by atoms with Crippen LogP contribution in [0.3, 0.4) is 0 Å². The Labute approximate surface area is 105 Å². The Morgan fingerprint density at radius 3 is 2.65 bits per heavy atom. The molecule has 1 rings (SSSR count). The van der Waals surface area contributed by atoms with Crippen LogP contribution in [0.4, 0.5) is 0 Å². The van der Waals surface area contributed by atoms with Gasteiger partial charge >= 0.3 is 5.97 Å². The molecule has 0 aromatic heterocycles. The van der Waals surface area contributed by atoms with Crippen molar-refractivity contribution >= 4 is 27.4 Å². The van der Waals surface area contributed by atoms with Gasteiger partial charge in [-0.1, -0.05) is 23.7 Å². The maximum Gasteiger partial charge on any atom is 0.303 e. The molecule has 0 aliphatic carbocycles. The third-order valence-electron chi connectivity index (χ3n) is 2.12. The topological polar surface area (TPSA) is 71.4 Å². The number of carbonyl (C=O) groups is 1. The zero-order valence-electron chi connectivity index (χ0n) is 9.10. The number of carboxylic acid groups (broad SMARTS) is 1. The summed E-state index contributed by atoms with van der Waals surface area (Å²) in [5, 5.41) is 8.91. The summed E-state index contributed by atoms with van der Waals surface area (Å²) in [6.07, 6.45) is 0.00695. The van der Waals surface area contributed by atoms with Crippen molar-refractivity contribution in [1.82, 2.24) is 0 Å². The number of halogens is 1. The molecule has 0 unspecified atom stereocenters. The van der Waals surface area contributed by atoms with Crippen molar-refractivity contribution in [1.29, 1.82) is 0 Å². The summed E-state index contributed by atoms with van der Waals surface area (Å²) in [5.41, 5.74) is 0.618. The van der Waals surface area contributed by atoms with E-state index in [1.807, 2.05) is 0 Å². The molecule has 1 aromatic rings. The minimum absolute atomic E-state index is 0.104. The summed E-state index contributed by atoms with van der Waals surface area (Å²) in [5.74, 6) is -1.21. The van der Waals surface area contributed by atoms with Crippen LogP contribution in [0, 0.1) is 0 Å². The van der Waals surface area contributed by atoms with Crippen molar-refractivity contribution in [2.45, 2.75) is 18.6 Å². The van der Waals surface area contributed by atoms with Crippen LogP contribution in [0.1, 0.15) is 18.4 Å². The number of sulfone groups is 1. The number of rotatable bonds is 6. The summed E-state index contributed by atoms with van der Waals surface area (Å²) >= 11 is 5.75. The Balaban J connectivity index is 2.57. The van der Waals surface area contributed by atoms with E-state index in [0.717, 1.165) is 0 Å². The van der Waals surface area contributed by atoms with Crippen molar-refractivity contribution in [3.8, 4) is 0 Å². The normalized spacial score (nSPS) is 11.4. The highest BCUT2D eigenvalue weighted by Crippen LogP contribution is 2.14. The van der Waals surface area contributed by atoms with E-state index >= 15 is 0 Å². The van der Waals surface area contributed by atoms with Gasteiger partial charge < -0.3 is 5.11 Å². The largest absolute Gasteiger partial charge is 0.481 e. The molecule has 1 N–H and O–H groups in total. The van der Waals surface area contributed by atoms with Crippen molar-refractivity contribution in [3.63, 3.8) is 0 Å². The van der Waals surface area contributed by atoms with Gasteiger partial charge in [0.05, 0.1) is 11.5 Å². The summed E-state index contributed by atoms with van der Waals surface area (Å²) < 4.78 is 23.3. The fourth-order valence-electron chi connectivity index (χ4n) is 1.40. The Hall–Kier alpha value is -1.07. The number of aliphatic carboxylic acids is 1. The van der Waals surface area contributed by atoms with Crippen LogP contribution in [0.5, 0.6) is 0 Å². The molecular formula is C11H13ClO4S. The first kappa shape index (κ1) is 14.0. The smallest absolute Gasteiger partial charge is 0.303 e. The second-order valence-corrected chi connectivity index (χ2v) is 6.34. The standard InChI is InChI=1S/C11H13ClO4S/c12-10-4-1-3-9(7-10)8-17(15,16)6-2-5-11(13)14/h1,3-4,7H,2,5-6,8H2,(H,13,14).